The van der Waals surface area contributed by atoms with Crippen LogP contribution in [0.4, 0.5) is 0 Å². The Morgan fingerprint density at radius 1 is 1.13 bits per heavy atom. The van der Waals surface area contributed by atoms with Crippen molar-refractivity contribution in [3.8, 4) is 0 Å². The molecule has 118 valence electrons. The summed E-state index contributed by atoms with van der Waals surface area (Å²) in [7, 11) is 2.09. The van der Waals surface area contributed by atoms with E-state index >= 15 is 0 Å². The zero-order valence-electron chi connectivity index (χ0n) is 13.2. The molecule has 0 fully saturated rings. The summed E-state index contributed by atoms with van der Waals surface area (Å²) in [6.07, 6.45) is 0. The lowest BCUT2D eigenvalue weighted by Gasteiger charge is -2.14. The monoisotopic (exact) mass is 328 g/mol. The summed E-state index contributed by atoms with van der Waals surface area (Å²) in [5.41, 5.74) is 3.03. The summed E-state index contributed by atoms with van der Waals surface area (Å²) < 4.78 is 0. The van der Waals surface area contributed by atoms with Crippen molar-refractivity contribution in [1.82, 2.24) is 9.97 Å². The van der Waals surface area contributed by atoms with Crippen LogP contribution in [-0.4, -0.2) is 17.0 Å². The average molecular weight is 329 g/mol. The number of nitrogens with one attached hydrogen (secondary N) is 2. The Balaban J connectivity index is 1.80. The van der Waals surface area contributed by atoms with Crippen LogP contribution in [0.2, 0.25) is 5.02 Å². The largest absolute Gasteiger partial charge is 0.327 e. The van der Waals surface area contributed by atoms with E-state index in [9.17, 15) is 4.79 Å². The molecule has 0 aliphatic heterocycles. The summed E-state index contributed by atoms with van der Waals surface area (Å²) >= 11 is 5.99. The lowest BCUT2D eigenvalue weighted by atomic mass is 10.1. The number of nitrogens with zero attached hydrogens (tertiary/aromatic N) is 1. The van der Waals surface area contributed by atoms with E-state index in [1.54, 1.807) is 18.2 Å². The Bertz CT molecular complexity index is 887. The van der Waals surface area contributed by atoms with Crippen molar-refractivity contribution < 1.29 is 4.90 Å². The van der Waals surface area contributed by atoms with Gasteiger partial charge >= 0.3 is 0 Å². The lowest BCUT2D eigenvalue weighted by molar-refractivity contribution is -0.908. The van der Waals surface area contributed by atoms with Crippen LogP contribution in [0.1, 0.15) is 17.0 Å². The molecule has 0 amide bonds. The molecule has 0 radical (unpaired) electrons. The second-order valence-electron chi connectivity index (χ2n) is 5.97. The molecule has 5 heteroatoms. The van der Waals surface area contributed by atoms with E-state index in [-0.39, 0.29) is 5.56 Å². The molecule has 0 aliphatic rings. The molecular weight excluding hydrogens is 310 g/mol. The van der Waals surface area contributed by atoms with Crippen molar-refractivity contribution in [3.05, 3.63) is 74.8 Å². The zero-order chi connectivity index (χ0) is 16.4. The number of aromatic nitrogens is 2. The minimum Gasteiger partial charge on any atom is -0.327 e. The molecule has 1 heterocycles. The molecule has 0 aliphatic carbocycles. The third-order valence-electron chi connectivity index (χ3n) is 3.81. The Morgan fingerprint density at radius 2 is 1.87 bits per heavy atom. The van der Waals surface area contributed by atoms with Crippen LogP contribution in [-0.2, 0) is 13.1 Å². The number of rotatable bonds is 4. The molecule has 0 spiro atoms. The molecule has 1 atom stereocenters. The highest BCUT2D eigenvalue weighted by Crippen LogP contribution is 2.14. The fourth-order valence-corrected chi connectivity index (χ4v) is 2.81. The van der Waals surface area contributed by atoms with Gasteiger partial charge in [0.1, 0.15) is 13.1 Å². The number of H-pyrrole nitrogens is 1. The maximum atomic E-state index is 12.1. The first kappa shape index (κ1) is 15.7. The summed E-state index contributed by atoms with van der Waals surface area (Å²) in [5, 5.41) is 1.15. The first-order valence-electron chi connectivity index (χ1n) is 7.56. The van der Waals surface area contributed by atoms with Crippen molar-refractivity contribution in [2.24, 2.45) is 0 Å². The topological polar surface area (TPSA) is 50.2 Å². The van der Waals surface area contributed by atoms with Crippen molar-refractivity contribution in [3.63, 3.8) is 0 Å². The van der Waals surface area contributed by atoms with Gasteiger partial charge in [0.15, 0.2) is 5.82 Å². The third kappa shape index (κ3) is 3.78. The van der Waals surface area contributed by atoms with Gasteiger partial charge in [-0.15, -0.1) is 0 Å². The van der Waals surface area contributed by atoms with Crippen LogP contribution in [0, 0.1) is 6.92 Å². The molecule has 3 aromatic rings. The fraction of sp³-hybridized carbons (Fsp3) is 0.222. The van der Waals surface area contributed by atoms with Gasteiger partial charge in [-0.1, -0.05) is 41.4 Å². The van der Waals surface area contributed by atoms with E-state index in [1.807, 2.05) is 0 Å². The third-order valence-corrected chi connectivity index (χ3v) is 4.05. The predicted octanol–water partition coefficient (Wildman–Crippen LogP) is 2.10. The summed E-state index contributed by atoms with van der Waals surface area (Å²) in [4.78, 5) is 20.8. The Labute approximate surface area is 139 Å². The van der Waals surface area contributed by atoms with Gasteiger partial charge in [0.25, 0.3) is 5.56 Å². The number of hydrogen-bond donors (Lipinski definition) is 2. The Hall–Kier alpha value is -2.17. The van der Waals surface area contributed by atoms with Crippen LogP contribution in [0.15, 0.2) is 47.3 Å². The SMILES string of the molecule is Cc1ccc(C[NH+](C)Cc2nc3cc(Cl)ccc3c(=O)[nH]2)cc1. The maximum absolute atomic E-state index is 12.1. The number of quaternary nitrogens is 1. The Morgan fingerprint density at radius 3 is 2.61 bits per heavy atom. The van der Waals surface area contributed by atoms with Crippen LogP contribution in [0.3, 0.4) is 0 Å². The molecule has 0 saturated heterocycles. The van der Waals surface area contributed by atoms with Gasteiger partial charge in [-0.3, -0.25) is 4.79 Å². The zero-order valence-corrected chi connectivity index (χ0v) is 13.9. The molecule has 1 aromatic heterocycles. The van der Waals surface area contributed by atoms with Gasteiger partial charge in [0, 0.05) is 10.6 Å². The van der Waals surface area contributed by atoms with Crippen molar-refractivity contribution in [2.45, 2.75) is 20.0 Å². The minimum absolute atomic E-state index is 0.121. The molecule has 1 unspecified atom stereocenters. The number of aromatic amines is 1. The van der Waals surface area contributed by atoms with Crippen molar-refractivity contribution in [1.29, 1.82) is 0 Å². The summed E-state index contributed by atoms with van der Waals surface area (Å²) in [5.74, 6) is 0.675. The van der Waals surface area contributed by atoms with E-state index in [0.29, 0.717) is 28.3 Å². The van der Waals surface area contributed by atoms with E-state index in [0.717, 1.165) is 6.54 Å². The van der Waals surface area contributed by atoms with E-state index < -0.39 is 0 Å². The van der Waals surface area contributed by atoms with Crippen molar-refractivity contribution >= 4 is 22.5 Å². The van der Waals surface area contributed by atoms with Gasteiger partial charge in [-0.25, -0.2) is 4.98 Å². The number of fused-ring (bicyclic) bond motifs is 1. The van der Waals surface area contributed by atoms with E-state index in [4.69, 9.17) is 11.6 Å². The second kappa shape index (κ2) is 6.52. The lowest BCUT2D eigenvalue weighted by Crippen LogP contribution is -3.06. The van der Waals surface area contributed by atoms with Gasteiger partial charge < -0.3 is 9.88 Å². The van der Waals surface area contributed by atoms with Gasteiger partial charge in [-0.2, -0.15) is 0 Å². The highest BCUT2D eigenvalue weighted by atomic mass is 35.5. The predicted molar refractivity (Wildman–Crippen MR) is 92.8 cm³/mol. The molecule has 4 nitrogen and oxygen atoms in total. The summed E-state index contributed by atoms with van der Waals surface area (Å²) in [6, 6.07) is 13.6. The number of aryl methyl sites for hydroxylation is 1. The standard InChI is InChI=1S/C18H18ClN3O/c1-12-3-5-13(6-4-12)10-22(2)11-17-20-16-9-14(19)7-8-15(16)18(23)21-17/h3-9H,10-11H2,1-2H3,(H,20,21,23)/p+1. The molecule has 3 rings (SSSR count). The smallest absolute Gasteiger partial charge is 0.258 e. The van der Waals surface area contributed by atoms with Crippen LogP contribution >= 0.6 is 11.6 Å². The molecular formula is C18H19ClN3O+. The molecule has 2 N–H and O–H groups in total. The van der Waals surface area contributed by atoms with E-state index in [1.165, 1.54) is 16.0 Å². The average Bonchev–Trinajstić information content (AvgIpc) is 2.49. The van der Waals surface area contributed by atoms with Gasteiger partial charge in [0.2, 0.25) is 0 Å². The highest BCUT2D eigenvalue weighted by Gasteiger charge is 2.10. The van der Waals surface area contributed by atoms with Crippen LogP contribution in [0.5, 0.6) is 0 Å². The second-order valence-corrected chi connectivity index (χ2v) is 6.41. The first-order valence-corrected chi connectivity index (χ1v) is 7.94. The van der Waals surface area contributed by atoms with Gasteiger partial charge in [-0.05, 0) is 25.1 Å². The fourth-order valence-electron chi connectivity index (χ4n) is 2.65. The minimum atomic E-state index is -0.121. The number of benzene rings is 2. The number of hydrogen-bond acceptors (Lipinski definition) is 2. The van der Waals surface area contributed by atoms with E-state index in [2.05, 4.69) is 48.2 Å². The van der Waals surface area contributed by atoms with Crippen molar-refractivity contribution in [2.75, 3.05) is 7.05 Å². The number of halogens is 1. The molecule has 2 aromatic carbocycles. The van der Waals surface area contributed by atoms with Crippen LogP contribution in [0.25, 0.3) is 10.9 Å². The van der Waals surface area contributed by atoms with Crippen LogP contribution < -0.4 is 10.5 Å². The summed E-state index contributed by atoms with van der Waals surface area (Å²) in [6.45, 7) is 3.60. The Kier molecular flexibility index (Phi) is 4.46. The quantitative estimate of drug-likeness (QED) is 0.770. The normalized spacial score (nSPS) is 12.5. The maximum Gasteiger partial charge on any atom is 0.258 e. The highest BCUT2D eigenvalue weighted by molar-refractivity contribution is 6.31. The van der Waals surface area contributed by atoms with Gasteiger partial charge in [0.05, 0.1) is 18.0 Å². The molecule has 23 heavy (non-hydrogen) atoms. The molecule has 0 saturated carbocycles. The molecule has 0 bridgehead atoms. The first-order chi connectivity index (χ1) is 11.0.